The van der Waals surface area contributed by atoms with E-state index in [1.807, 2.05) is 0 Å². The van der Waals surface area contributed by atoms with Crippen molar-refractivity contribution in [2.24, 2.45) is 0 Å². The van der Waals surface area contributed by atoms with Crippen molar-refractivity contribution < 1.29 is 36.5 Å². The lowest BCUT2D eigenvalue weighted by Crippen LogP contribution is -2.33. The molecule has 3 aliphatic rings. The second-order valence-corrected chi connectivity index (χ2v) is 18.4. The Bertz CT molecular complexity index is 1910. The molecule has 0 aliphatic carbocycles. The van der Waals surface area contributed by atoms with Crippen molar-refractivity contribution in [1.29, 1.82) is 0 Å². The van der Waals surface area contributed by atoms with E-state index in [0.29, 0.717) is 16.7 Å². The van der Waals surface area contributed by atoms with Gasteiger partial charge in [0.15, 0.2) is 29.8 Å². The zero-order valence-corrected chi connectivity index (χ0v) is 26.7. The van der Waals surface area contributed by atoms with Crippen molar-refractivity contribution in [2.75, 3.05) is 24.7 Å². The van der Waals surface area contributed by atoms with E-state index in [2.05, 4.69) is 44.4 Å². The molecule has 0 saturated carbocycles. The largest absolute Gasteiger partial charge is 0.398 e. The number of fused-ring (bicyclic) bond motifs is 5. The Morgan fingerprint density at radius 3 is 2.68 bits per heavy atom. The number of nitrogens with one attached hydrogen (secondary N) is 1. The minimum absolute atomic E-state index is 0.0265. The van der Waals surface area contributed by atoms with Gasteiger partial charge in [-0.05, 0) is 23.9 Å². The summed E-state index contributed by atoms with van der Waals surface area (Å²) >= 11 is 14.2. The third-order valence-electron chi connectivity index (χ3n) is 7.41. The summed E-state index contributed by atoms with van der Waals surface area (Å²) in [6.45, 7) is -4.81. The minimum atomic E-state index is -4.19. The average Bonchev–Trinajstić information content (AvgIpc) is 3.72. The van der Waals surface area contributed by atoms with Crippen LogP contribution in [-0.2, 0) is 43.9 Å². The number of ether oxygens (including phenoxy) is 2. The number of imidazole rings is 1. The van der Waals surface area contributed by atoms with Crippen LogP contribution < -0.4 is 17.0 Å². The third-order valence-corrected chi connectivity index (χ3v) is 11.2. The van der Waals surface area contributed by atoms with Gasteiger partial charge in [0.25, 0.3) is 5.56 Å². The number of nitrogens with two attached hydrogens (primary N) is 2. The number of thiol groups is 2. The number of nitrogens with zero attached hydrogens (tertiary/aromatic N) is 5. The lowest BCUT2D eigenvalue weighted by Gasteiger charge is -2.27. The highest BCUT2D eigenvalue weighted by molar-refractivity contribution is 8.60. The maximum Gasteiger partial charge on any atom is 0.386 e. The molecule has 7 heterocycles. The van der Waals surface area contributed by atoms with Crippen molar-refractivity contribution in [3.8, 4) is 0 Å². The minimum Gasteiger partial charge on any atom is -0.398 e. The van der Waals surface area contributed by atoms with Gasteiger partial charge in [0.2, 0.25) is 11.6 Å². The first-order valence-corrected chi connectivity index (χ1v) is 19.6. The van der Waals surface area contributed by atoms with E-state index in [1.54, 1.807) is 18.3 Å². The number of rotatable bonds is 2. The molecule has 236 valence electrons. The van der Waals surface area contributed by atoms with Gasteiger partial charge in [0.1, 0.15) is 24.0 Å². The van der Waals surface area contributed by atoms with Gasteiger partial charge in [-0.1, -0.05) is 24.5 Å². The Morgan fingerprint density at radius 2 is 1.86 bits per heavy atom. The summed E-state index contributed by atoms with van der Waals surface area (Å²) in [5.41, 5.74) is 8.89. The molecule has 0 aromatic carbocycles. The van der Waals surface area contributed by atoms with Crippen molar-refractivity contribution >= 4 is 82.6 Å². The van der Waals surface area contributed by atoms with E-state index in [1.165, 1.54) is 21.7 Å². The van der Waals surface area contributed by atoms with Crippen molar-refractivity contribution in [3.63, 3.8) is 0 Å². The van der Waals surface area contributed by atoms with Crippen LogP contribution in [-0.4, -0.2) is 72.9 Å². The molecule has 44 heavy (non-hydrogen) atoms. The van der Waals surface area contributed by atoms with E-state index in [-0.39, 0.29) is 36.7 Å². The summed E-state index contributed by atoms with van der Waals surface area (Å²) in [4.78, 5) is 27.3. The van der Waals surface area contributed by atoms with Crippen LogP contribution in [0.4, 0.5) is 16.0 Å². The predicted octanol–water partition coefficient (Wildman–Crippen LogP) is 2.87. The molecule has 0 radical (unpaired) electrons. The Balaban J connectivity index is 1.19. The number of halogens is 1. The molecular formula is C22H25FN8O8P2S3. The maximum atomic E-state index is 16.1. The van der Waals surface area contributed by atoms with Crippen LogP contribution >= 0.6 is 37.0 Å². The molecule has 16 nitrogen and oxygen atoms in total. The molecule has 0 unspecified atom stereocenters. The first-order valence-electron chi connectivity index (χ1n) is 13.1. The molecule has 0 amide bonds. The monoisotopic (exact) mass is 706 g/mol. The maximum absolute atomic E-state index is 16.1. The van der Waals surface area contributed by atoms with E-state index in [9.17, 15) is 9.36 Å². The highest BCUT2D eigenvalue weighted by Crippen LogP contribution is 2.60. The molecule has 22 heteroatoms. The standard InChI is InChI=1S/C22H25FN8O8P2S3/c23-14-16-13(37-21(14)30-4-2-10-11(24)1-3-26-17(10)30)7-35-41(43,44)38-12-5-9(6-34-40(33,42)39-16)36-20(12)31-8-27-15-18(31)28-22(25)29-19(15)32/h1-4,8-9,12-14,16,20-21H,5-7H2,(H2,24,26)(H,33,42)(H,43,44)(H3,25,28,29,32)/t9-,12+,13+,14-,16+,20+,21+,40+/m0/s1. The molecule has 3 saturated heterocycles. The molecule has 7 rings (SSSR count). The number of anilines is 2. The second kappa shape index (κ2) is 11.3. The number of aromatic amines is 1. The lowest BCUT2D eigenvalue weighted by molar-refractivity contribution is -0.0534. The molecule has 3 aliphatic heterocycles. The van der Waals surface area contributed by atoms with E-state index in [4.69, 9.17) is 50.8 Å². The van der Waals surface area contributed by atoms with Gasteiger partial charge in [-0.3, -0.25) is 23.4 Å². The van der Waals surface area contributed by atoms with Gasteiger partial charge in [-0.25, -0.2) is 18.9 Å². The first kappa shape index (κ1) is 30.6. The van der Waals surface area contributed by atoms with Gasteiger partial charge < -0.3 is 34.6 Å². The van der Waals surface area contributed by atoms with Crippen LogP contribution in [0.2, 0.25) is 0 Å². The lowest BCUT2D eigenvalue weighted by atomic mass is 10.1. The first-order chi connectivity index (χ1) is 20.9. The zero-order chi connectivity index (χ0) is 31.0. The molecule has 9 atom stereocenters. The number of aromatic nitrogens is 6. The zero-order valence-electron chi connectivity index (χ0n) is 22.3. The van der Waals surface area contributed by atoms with E-state index < -0.39 is 61.1 Å². The van der Waals surface area contributed by atoms with Crippen LogP contribution in [0.15, 0.2) is 35.6 Å². The average molecular weight is 707 g/mol. The molecular weight excluding hydrogens is 681 g/mol. The summed E-state index contributed by atoms with van der Waals surface area (Å²) in [5.74, 6) is -0.125. The van der Waals surface area contributed by atoms with Gasteiger partial charge in [0, 0.05) is 29.9 Å². The number of alkyl halides is 1. The van der Waals surface area contributed by atoms with Gasteiger partial charge in [-0.15, -0.1) is 0 Å². The fraction of sp³-hybridized carbons (Fsp3) is 0.455. The smallest absolute Gasteiger partial charge is 0.386 e. The topological polar surface area (TPSA) is 206 Å². The third kappa shape index (κ3) is 5.60. The fourth-order valence-corrected chi connectivity index (χ4v) is 8.99. The van der Waals surface area contributed by atoms with Crippen molar-refractivity contribution in [1.82, 2.24) is 29.1 Å². The molecule has 4 aromatic heterocycles. The molecule has 4 aromatic rings. The highest BCUT2D eigenvalue weighted by atomic mass is 32.9. The molecule has 0 spiro atoms. The summed E-state index contributed by atoms with van der Waals surface area (Å²) in [7, 11) is 0. The predicted molar refractivity (Wildman–Crippen MR) is 166 cm³/mol. The van der Waals surface area contributed by atoms with Crippen LogP contribution in [0.1, 0.15) is 18.9 Å². The van der Waals surface area contributed by atoms with E-state index in [0.717, 1.165) is 0 Å². The van der Waals surface area contributed by atoms with Crippen LogP contribution in [0.5, 0.6) is 0 Å². The normalized spacial score (nSPS) is 36.6. The van der Waals surface area contributed by atoms with Gasteiger partial charge in [-0.2, -0.15) is 4.98 Å². The molecule has 3 fully saturated rings. The highest BCUT2D eigenvalue weighted by Gasteiger charge is 2.51. The number of hydrogen-bond acceptors (Lipinski definition) is 14. The second-order valence-electron chi connectivity index (χ2n) is 10.3. The number of hydrogen-bond donors (Lipinski definition) is 5. The summed E-state index contributed by atoms with van der Waals surface area (Å²) < 4.78 is 67.9. The summed E-state index contributed by atoms with van der Waals surface area (Å²) in [5, 5.41) is 0.600. The summed E-state index contributed by atoms with van der Waals surface area (Å²) in [6, 6.07) is 3.31. The van der Waals surface area contributed by atoms with Gasteiger partial charge >= 0.3 is 6.80 Å². The van der Waals surface area contributed by atoms with Crippen LogP contribution in [0.25, 0.3) is 22.2 Å². The Hall–Kier alpha value is -2.09. The Labute approximate surface area is 262 Å². The molecule has 5 N–H and O–H groups in total. The number of H-pyrrole nitrogens is 1. The Kier molecular flexibility index (Phi) is 7.85. The SMILES string of the molecule is Nc1nc2c(ncn2[C@@H]2O[C@@H]3CO[P@@](=O)(S)O[C@H]4[C@H](F)[C@H](n5ccc6c(N)ccnc65)O[C@@H]4CO[P@@](=S)(S)O[C@@H]2C3)c(=O)[nH]1. The van der Waals surface area contributed by atoms with Crippen LogP contribution in [0, 0.1) is 0 Å². The fourth-order valence-electron chi connectivity index (χ4n) is 5.48. The number of nitrogen functional groups attached to an aromatic ring is 2. The number of pyridine rings is 1. The van der Waals surface area contributed by atoms with Gasteiger partial charge in [0.05, 0.1) is 25.6 Å². The van der Waals surface area contributed by atoms with Crippen molar-refractivity contribution in [3.05, 3.63) is 41.2 Å². The van der Waals surface area contributed by atoms with Crippen LogP contribution in [0.3, 0.4) is 0 Å². The quantitative estimate of drug-likeness (QED) is 0.150. The summed E-state index contributed by atoms with van der Waals surface area (Å²) in [6.07, 6.45) is -3.55. The Morgan fingerprint density at radius 1 is 1.05 bits per heavy atom. The van der Waals surface area contributed by atoms with Crippen molar-refractivity contribution in [2.45, 2.75) is 49.5 Å². The molecule has 2 bridgehead atoms. The van der Waals surface area contributed by atoms with E-state index >= 15 is 4.39 Å².